The second kappa shape index (κ2) is 6.09. The van der Waals surface area contributed by atoms with E-state index in [4.69, 9.17) is 18.1 Å². The van der Waals surface area contributed by atoms with Gasteiger partial charge in [-0.3, -0.25) is 0 Å². The van der Waals surface area contributed by atoms with Crippen LogP contribution in [0.5, 0.6) is 5.75 Å². The van der Waals surface area contributed by atoms with E-state index in [0.717, 1.165) is 22.1 Å². The van der Waals surface area contributed by atoms with Crippen LogP contribution in [-0.2, 0) is 0 Å². The first-order valence-corrected chi connectivity index (χ1v) is 8.58. The average Bonchev–Trinajstić information content (AvgIpc) is 3.32. The van der Waals surface area contributed by atoms with Gasteiger partial charge in [0.1, 0.15) is 22.5 Å². The third-order valence-corrected chi connectivity index (χ3v) is 4.64. The Labute approximate surface area is 158 Å². The van der Waals surface area contributed by atoms with E-state index in [2.05, 4.69) is 10.1 Å². The molecule has 7 nitrogen and oxygen atoms in total. The lowest BCUT2D eigenvalue weighted by atomic mass is 10.1. The SMILES string of the molecule is COc1ccc2oc(-c3noc(-c4cc5ccccc5oc4=O)n3)c(C)c2c1. The first-order valence-electron chi connectivity index (χ1n) is 8.58. The zero-order valence-electron chi connectivity index (χ0n) is 15.1. The van der Waals surface area contributed by atoms with Crippen molar-refractivity contribution in [1.82, 2.24) is 10.1 Å². The summed E-state index contributed by atoms with van der Waals surface area (Å²) >= 11 is 0. The first kappa shape index (κ1) is 16.3. The maximum absolute atomic E-state index is 12.3. The molecule has 0 unspecified atom stereocenters. The van der Waals surface area contributed by atoms with Gasteiger partial charge in [0.15, 0.2) is 5.76 Å². The zero-order valence-corrected chi connectivity index (χ0v) is 15.1. The molecule has 3 aromatic heterocycles. The largest absolute Gasteiger partial charge is 0.497 e. The summed E-state index contributed by atoms with van der Waals surface area (Å²) in [5.74, 6) is 1.54. The highest BCUT2D eigenvalue weighted by Crippen LogP contribution is 2.34. The van der Waals surface area contributed by atoms with Crippen LogP contribution in [0.1, 0.15) is 5.56 Å². The van der Waals surface area contributed by atoms with Gasteiger partial charge in [-0.15, -0.1) is 0 Å². The topological polar surface area (TPSA) is 91.5 Å². The fourth-order valence-electron chi connectivity index (χ4n) is 3.18. The Balaban J connectivity index is 1.62. The normalized spacial score (nSPS) is 11.4. The molecular formula is C21H14N2O5. The van der Waals surface area contributed by atoms with E-state index in [9.17, 15) is 4.79 Å². The predicted octanol–water partition coefficient (Wildman–Crippen LogP) is 4.57. The summed E-state index contributed by atoms with van der Waals surface area (Å²) in [6, 6.07) is 14.4. The molecular weight excluding hydrogens is 360 g/mol. The molecule has 0 amide bonds. The molecule has 7 heteroatoms. The molecule has 3 heterocycles. The minimum absolute atomic E-state index is 0.0759. The van der Waals surface area contributed by atoms with Crippen molar-refractivity contribution in [2.24, 2.45) is 0 Å². The van der Waals surface area contributed by atoms with Crippen molar-refractivity contribution in [3.8, 4) is 28.8 Å². The lowest BCUT2D eigenvalue weighted by Crippen LogP contribution is -2.02. The van der Waals surface area contributed by atoms with Crippen molar-refractivity contribution in [3.63, 3.8) is 0 Å². The van der Waals surface area contributed by atoms with Gasteiger partial charge < -0.3 is 18.1 Å². The van der Waals surface area contributed by atoms with E-state index in [-0.39, 0.29) is 17.3 Å². The predicted molar refractivity (Wildman–Crippen MR) is 102 cm³/mol. The number of rotatable bonds is 3. The highest BCUT2D eigenvalue weighted by Gasteiger charge is 2.21. The fourth-order valence-corrected chi connectivity index (χ4v) is 3.18. The van der Waals surface area contributed by atoms with E-state index in [1.807, 2.05) is 37.3 Å². The Bertz CT molecular complexity index is 1390. The van der Waals surface area contributed by atoms with Gasteiger partial charge in [0.05, 0.1) is 7.11 Å². The number of methoxy groups -OCH3 is 1. The Morgan fingerprint density at radius 2 is 1.86 bits per heavy atom. The van der Waals surface area contributed by atoms with Crippen molar-refractivity contribution in [2.75, 3.05) is 7.11 Å². The number of hydrogen-bond acceptors (Lipinski definition) is 7. The van der Waals surface area contributed by atoms with Crippen molar-refractivity contribution >= 4 is 21.9 Å². The fraction of sp³-hybridized carbons (Fsp3) is 0.0952. The number of furan rings is 1. The van der Waals surface area contributed by atoms with Gasteiger partial charge in [-0.1, -0.05) is 23.4 Å². The highest BCUT2D eigenvalue weighted by molar-refractivity contribution is 5.88. The number of fused-ring (bicyclic) bond motifs is 2. The molecule has 0 bridgehead atoms. The smallest absolute Gasteiger partial charge is 0.349 e. The van der Waals surface area contributed by atoms with E-state index in [1.165, 1.54) is 0 Å². The van der Waals surface area contributed by atoms with E-state index < -0.39 is 5.63 Å². The maximum Gasteiger partial charge on any atom is 0.349 e. The number of para-hydroxylation sites is 1. The van der Waals surface area contributed by atoms with Gasteiger partial charge in [-0.2, -0.15) is 4.98 Å². The lowest BCUT2D eigenvalue weighted by Gasteiger charge is -1.97. The minimum Gasteiger partial charge on any atom is -0.497 e. The van der Waals surface area contributed by atoms with Gasteiger partial charge in [0, 0.05) is 16.3 Å². The van der Waals surface area contributed by atoms with E-state index in [1.54, 1.807) is 25.3 Å². The molecule has 0 saturated heterocycles. The Kier molecular flexibility index (Phi) is 3.55. The monoisotopic (exact) mass is 374 g/mol. The molecule has 28 heavy (non-hydrogen) atoms. The van der Waals surface area contributed by atoms with Crippen molar-refractivity contribution in [1.29, 1.82) is 0 Å². The zero-order chi connectivity index (χ0) is 19.3. The van der Waals surface area contributed by atoms with Crippen LogP contribution in [0.2, 0.25) is 0 Å². The van der Waals surface area contributed by atoms with Crippen molar-refractivity contribution < 1.29 is 18.1 Å². The van der Waals surface area contributed by atoms with Crippen LogP contribution in [0.3, 0.4) is 0 Å². The van der Waals surface area contributed by atoms with Crippen LogP contribution < -0.4 is 10.4 Å². The van der Waals surface area contributed by atoms with Crippen LogP contribution in [0.25, 0.3) is 45.0 Å². The number of aryl methyl sites for hydroxylation is 1. The summed E-state index contributed by atoms with van der Waals surface area (Å²) in [7, 11) is 1.61. The molecule has 0 fully saturated rings. The molecule has 0 saturated carbocycles. The Morgan fingerprint density at radius 3 is 2.71 bits per heavy atom. The van der Waals surface area contributed by atoms with E-state index in [0.29, 0.717) is 16.9 Å². The maximum atomic E-state index is 12.3. The third-order valence-electron chi connectivity index (χ3n) is 4.64. The lowest BCUT2D eigenvalue weighted by molar-refractivity contribution is 0.415. The highest BCUT2D eigenvalue weighted by atomic mass is 16.5. The van der Waals surface area contributed by atoms with Crippen LogP contribution in [0.4, 0.5) is 0 Å². The van der Waals surface area contributed by atoms with Gasteiger partial charge >= 0.3 is 5.63 Å². The number of ether oxygens (including phenoxy) is 1. The summed E-state index contributed by atoms with van der Waals surface area (Å²) in [6.07, 6.45) is 0. The van der Waals surface area contributed by atoms with Gasteiger partial charge in [-0.05, 0) is 37.3 Å². The van der Waals surface area contributed by atoms with Gasteiger partial charge in [-0.25, -0.2) is 4.79 Å². The average molecular weight is 374 g/mol. The molecule has 0 radical (unpaired) electrons. The molecule has 0 atom stereocenters. The Hall–Kier alpha value is -3.87. The molecule has 5 aromatic rings. The molecule has 0 aliphatic carbocycles. The summed E-state index contributed by atoms with van der Waals surface area (Å²) < 4.78 is 21.8. The van der Waals surface area contributed by atoms with Crippen molar-refractivity contribution in [3.05, 3.63) is 64.5 Å². The minimum atomic E-state index is -0.542. The van der Waals surface area contributed by atoms with Crippen LogP contribution >= 0.6 is 0 Å². The molecule has 0 spiro atoms. The summed E-state index contributed by atoms with van der Waals surface area (Å²) in [6.45, 7) is 1.90. The van der Waals surface area contributed by atoms with E-state index >= 15 is 0 Å². The Morgan fingerprint density at radius 1 is 1.00 bits per heavy atom. The third kappa shape index (κ3) is 2.48. The molecule has 0 aliphatic heterocycles. The quantitative estimate of drug-likeness (QED) is 0.427. The van der Waals surface area contributed by atoms with Crippen LogP contribution in [0, 0.1) is 6.92 Å². The first-order chi connectivity index (χ1) is 13.6. The van der Waals surface area contributed by atoms with Gasteiger partial charge in [0.2, 0.25) is 5.82 Å². The summed E-state index contributed by atoms with van der Waals surface area (Å²) in [5.41, 5.74) is 1.70. The standard InChI is InChI=1S/C21H14N2O5/c1-11-14-10-13(25-2)7-8-17(14)26-18(11)19-22-20(28-23-19)15-9-12-5-3-4-6-16(12)27-21(15)24/h3-10H,1-2H3. The van der Waals surface area contributed by atoms with Gasteiger partial charge in [0.25, 0.3) is 5.89 Å². The molecule has 0 aliphatic rings. The molecule has 0 N–H and O–H groups in total. The number of hydrogen-bond donors (Lipinski definition) is 0. The second-order valence-corrected chi connectivity index (χ2v) is 6.33. The molecule has 5 rings (SSSR count). The number of aromatic nitrogens is 2. The van der Waals surface area contributed by atoms with Crippen LogP contribution in [0.15, 0.2) is 66.7 Å². The summed E-state index contributed by atoms with van der Waals surface area (Å²) in [5, 5.41) is 5.65. The number of nitrogens with zero attached hydrogens (tertiary/aromatic N) is 2. The second-order valence-electron chi connectivity index (χ2n) is 6.33. The van der Waals surface area contributed by atoms with Crippen molar-refractivity contribution in [2.45, 2.75) is 6.92 Å². The van der Waals surface area contributed by atoms with Crippen LogP contribution in [-0.4, -0.2) is 17.3 Å². The molecule has 138 valence electrons. The molecule has 2 aromatic carbocycles. The number of benzene rings is 2. The summed E-state index contributed by atoms with van der Waals surface area (Å²) in [4.78, 5) is 16.7.